The summed E-state index contributed by atoms with van der Waals surface area (Å²) < 4.78 is 5.89. The number of hydrogen-bond donors (Lipinski definition) is 1. The van der Waals surface area contributed by atoms with Gasteiger partial charge in [0, 0.05) is 17.0 Å². The first kappa shape index (κ1) is 12.5. The summed E-state index contributed by atoms with van der Waals surface area (Å²) >= 11 is 6.04. The molecule has 2 atom stereocenters. The second-order valence-electron chi connectivity index (χ2n) is 5.71. The van der Waals surface area contributed by atoms with Gasteiger partial charge in [-0.15, -0.1) is 0 Å². The molecule has 3 heteroatoms. The van der Waals surface area contributed by atoms with Gasteiger partial charge in [0.15, 0.2) is 0 Å². The van der Waals surface area contributed by atoms with Crippen molar-refractivity contribution in [2.45, 2.75) is 31.8 Å². The monoisotopic (exact) mass is 266 g/mol. The third-order valence-corrected chi connectivity index (χ3v) is 4.55. The number of ether oxygens (including phenoxy) is 1. The van der Waals surface area contributed by atoms with E-state index in [0.717, 1.165) is 24.5 Å². The van der Waals surface area contributed by atoms with Crippen LogP contribution in [0.1, 0.15) is 24.8 Å². The van der Waals surface area contributed by atoms with Crippen LogP contribution < -0.4 is 0 Å². The Morgan fingerprint density at radius 3 is 2.89 bits per heavy atom. The van der Waals surface area contributed by atoms with E-state index in [-0.39, 0.29) is 18.1 Å². The molecule has 1 aliphatic carbocycles. The van der Waals surface area contributed by atoms with E-state index in [4.69, 9.17) is 16.3 Å². The molecule has 0 spiro atoms. The highest BCUT2D eigenvalue weighted by atomic mass is 35.5. The van der Waals surface area contributed by atoms with Crippen molar-refractivity contribution in [1.29, 1.82) is 0 Å². The normalized spacial score (nSPS) is 31.8. The Morgan fingerprint density at radius 1 is 1.39 bits per heavy atom. The van der Waals surface area contributed by atoms with Gasteiger partial charge in [-0.05, 0) is 49.3 Å². The van der Waals surface area contributed by atoms with Crippen LogP contribution in [0.5, 0.6) is 0 Å². The van der Waals surface area contributed by atoms with E-state index in [1.165, 1.54) is 18.4 Å². The maximum absolute atomic E-state index is 9.88. The van der Waals surface area contributed by atoms with Gasteiger partial charge in [-0.25, -0.2) is 0 Å². The molecule has 98 valence electrons. The number of hydrogen-bond acceptors (Lipinski definition) is 2. The van der Waals surface area contributed by atoms with Gasteiger partial charge in [0.1, 0.15) is 0 Å². The maximum atomic E-state index is 9.88. The van der Waals surface area contributed by atoms with E-state index >= 15 is 0 Å². The van der Waals surface area contributed by atoms with Crippen molar-refractivity contribution in [3.8, 4) is 0 Å². The SMILES string of the molecule is OCC1(Cc2cccc(Cl)c2)CCOC1C1CC1. The third kappa shape index (κ3) is 2.29. The van der Waals surface area contributed by atoms with E-state index in [0.29, 0.717) is 5.92 Å². The Morgan fingerprint density at radius 2 is 2.22 bits per heavy atom. The highest BCUT2D eigenvalue weighted by molar-refractivity contribution is 6.30. The van der Waals surface area contributed by atoms with Gasteiger partial charge in [-0.2, -0.15) is 0 Å². The van der Waals surface area contributed by atoms with Crippen molar-refractivity contribution < 1.29 is 9.84 Å². The summed E-state index contributed by atoms with van der Waals surface area (Å²) in [4.78, 5) is 0. The number of rotatable bonds is 4. The molecule has 2 unspecified atom stereocenters. The maximum Gasteiger partial charge on any atom is 0.0685 e. The summed E-state index contributed by atoms with van der Waals surface area (Å²) in [5.74, 6) is 0.666. The molecule has 3 rings (SSSR count). The smallest absolute Gasteiger partial charge is 0.0685 e. The highest BCUT2D eigenvalue weighted by Gasteiger charge is 2.50. The Bertz CT molecular complexity index is 430. The van der Waals surface area contributed by atoms with Crippen LogP contribution in [0.25, 0.3) is 0 Å². The van der Waals surface area contributed by atoms with Gasteiger partial charge in [-0.1, -0.05) is 23.7 Å². The van der Waals surface area contributed by atoms with Gasteiger partial charge in [0.05, 0.1) is 12.7 Å². The fourth-order valence-electron chi connectivity index (χ4n) is 3.21. The van der Waals surface area contributed by atoms with Crippen LogP contribution in [0.3, 0.4) is 0 Å². The Hall–Kier alpha value is -0.570. The summed E-state index contributed by atoms with van der Waals surface area (Å²) in [6.07, 6.45) is 4.56. The molecule has 1 aromatic carbocycles. The Kier molecular flexibility index (Phi) is 3.35. The minimum atomic E-state index is -0.0914. The number of aliphatic hydroxyl groups is 1. The molecule has 18 heavy (non-hydrogen) atoms. The van der Waals surface area contributed by atoms with Crippen LogP contribution in [-0.4, -0.2) is 24.4 Å². The minimum Gasteiger partial charge on any atom is -0.396 e. The number of halogens is 1. The van der Waals surface area contributed by atoms with Crippen molar-refractivity contribution in [2.75, 3.05) is 13.2 Å². The van der Waals surface area contributed by atoms with Crippen molar-refractivity contribution in [3.05, 3.63) is 34.9 Å². The lowest BCUT2D eigenvalue weighted by Crippen LogP contribution is -2.38. The molecule has 1 heterocycles. The first-order chi connectivity index (χ1) is 8.73. The lowest BCUT2D eigenvalue weighted by molar-refractivity contribution is 0.000587. The van der Waals surface area contributed by atoms with E-state index in [1.54, 1.807) is 0 Å². The summed E-state index contributed by atoms with van der Waals surface area (Å²) in [5.41, 5.74) is 1.11. The molecule has 1 N–H and O–H groups in total. The quantitative estimate of drug-likeness (QED) is 0.908. The van der Waals surface area contributed by atoms with Gasteiger partial charge in [0.25, 0.3) is 0 Å². The molecule has 0 amide bonds. The third-order valence-electron chi connectivity index (χ3n) is 4.31. The molecule has 0 radical (unpaired) electrons. The van der Waals surface area contributed by atoms with Crippen LogP contribution >= 0.6 is 11.6 Å². The molecular weight excluding hydrogens is 248 g/mol. The minimum absolute atomic E-state index is 0.0914. The highest BCUT2D eigenvalue weighted by Crippen LogP contribution is 2.49. The van der Waals surface area contributed by atoms with E-state index in [9.17, 15) is 5.11 Å². The van der Waals surface area contributed by atoms with Crippen LogP contribution in [0.4, 0.5) is 0 Å². The van der Waals surface area contributed by atoms with Gasteiger partial charge >= 0.3 is 0 Å². The second kappa shape index (κ2) is 4.84. The fourth-order valence-corrected chi connectivity index (χ4v) is 3.42. The summed E-state index contributed by atoms with van der Waals surface area (Å²) in [6.45, 7) is 0.989. The first-order valence-electron chi connectivity index (χ1n) is 6.70. The van der Waals surface area contributed by atoms with Gasteiger partial charge < -0.3 is 9.84 Å². The largest absolute Gasteiger partial charge is 0.396 e. The van der Waals surface area contributed by atoms with E-state index in [2.05, 4.69) is 6.07 Å². The lowest BCUT2D eigenvalue weighted by atomic mass is 9.75. The summed E-state index contributed by atoms with van der Waals surface area (Å²) in [5, 5.41) is 10.6. The molecule has 2 fully saturated rings. The molecule has 1 saturated carbocycles. The van der Waals surface area contributed by atoms with Gasteiger partial charge in [-0.3, -0.25) is 0 Å². The predicted octanol–water partition coefficient (Wildman–Crippen LogP) is 3.06. The van der Waals surface area contributed by atoms with Crippen LogP contribution in [-0.2, 0) is 11.2 Å². The van der Waals surface area contributed by atoms with Crippen molar-refractivity contribution in [3.63, 3.8) is 0 Å². The van der Waals surface area contributed by atoms with Crippen LogP contribution in [0, 0.1) is 11.3 Å². The molecule has 2 nitrogen and oxygen atoms in total. The Labute approximate surface area is 113 Å². The molecule has 1 aliphatic heterocycles. The second-order valence-corrected chi connectivity index (χ2v) is 6.14. The van der Waals surface area contributed by atoms with Crippen molar-refractivity contribution in [1.82, 2.24) is 0 Å². The summed E-state index contributed by atoms with van der Waals surface area (Å²) in [6, 6.07) is 7.96. The molecule has 0 aromatic heterocycles. The standard InChI is InChI=1S/C15H19ClO2/c16-13-3-1-2-11(8-13)9-15(10-17)6-7-18-14(15)12-4-5-12/h1-3,8,12,14,17H,4-7,9-10H2. The van der Waals surface area contributed by atoms with Crippen molar-refractivity contribution >= 4 is 11.6 Å². The fraction of sp³-hybridized carbons (Fsp3) is 0.600. The molecule has 1 saturated heterocycles. The zero-order chi connectivity index (χ0) is 12.6. The lowest BCUT2D eigenvalue weighted by Gasteiger charge is -2.32. The topological polar surface area (TPSA) is 29.5 Å². The molecule has 1 aromatic rings. The van der Waals surface area contributed by atoms with Gasteiger partial charge in [0.2, 0.25) is 0 Å². The van der Waals surface area contributed by atoms with E-state index < -0.39 is 0 Å². The number of aliphatic hydroxyl groups excluding tert-OH is 1. The average Bonchev–Trinajstić information content (AvgIpc) is 3.12. The molecule has 0 bridgehead atoms. The van der Waals surface area contributed by atoms with E-state index in [1.807, 2.05) is 18.2 Å². The zero-order valence-electron chi connectivity index (χ0n) is 10.4. The zero-order valence-corrected chi connectivity index (χ0v) is 11.2. The molecular formula is C15H19ClO2. The average molecular weight is 267 g/mol. The Balaban J connectivity index is 1.82. The first-order valence-corrected chi connectivity index (χ1v) is 7.08. The predicted molar refractivity (Wildman–Crippen MR) is 71.8 cm³/mol. The molecule has 2 aliphatic rings. The van der Waals surface area contributed by atoms with Crippen molar-refractivity contribution in [2.24, 2.45) is 11.3 Å². The van der Waals surface area contributed by atoms with Crippen LogP contribution in [0.2, 0.25) is 5.02 Å². The summed E-state index contributed by atoms with van der Waals surface area (Å²) in [7, 11) is 0. The number of benzene rings is 1. The van der Waals surface area contributed by atoms with Crippen LogP contribution in [0.15, 0.2) is 24.3 Å².